The molecule has 0 aliphatic rings. The topological polar surface area (TPSA) is 55.8 Å². The molecule has 4 nitrogen and oxygen atoms in total. The van der Waals surface area contributed by atoms with Crippen LogP contribution in [0.3, 0.4) is 0 Å². The summed E-state index contributed by atoms with van der Waals surface area (Å²) in [6.45, 7) is 2.41. The van der Waals surface area contributed by atoms with Crippen molar-refractivity contribution in [1.29, 1.82) is 0 Å². The van der Waals surface area contributed by atoms with Gasteiger partial charge in [0.1, 0.15) is 11.5 Å². The molecule has 5 heteroatoms. The van der Waals surface area contributed by atoms with Gasteiger partial charge in [-0.15, -0.1) is 11.3 Å². The van der Waals surface area contributed by atoms with Crippen LogP contribution in [0.15, 0.2) is 30.3 Å². The molecule has 20 heavy (non-hydrogen) atoms. The van der Waals surface area contributed by atoms with Gasteiger partial charge in [-0.3, -0.25) is 0 Å². The largest absolute Gasteiger partial charge is 0.493 e. The molecule has 0 amide bonds. The van der Waals surface area contributed by atoms with E-state index in [4.69, 9.17) is 14.6 Å². The van der Waals surface area contributed by atoms with Crippen molar-refractivity contribution in [1.82, 2.24) is 0 Å². The fourth-order valence-electron chi connectivity index (χ4n) is 1.77. The maximum Gasteiger partial charge on any atom is 0.345 e. The molecule has 2 rings (SSSR count). The van der Waals surface area contributed by atoms with Crippen molar-refractivity contribution in [3.05, 3.63) is 45.6 Å². The Bertz CT molecular complexity index is 604. The number of hydrogen-bond donors (Lipinski definition) is 1. The van der Waals surface area contributed by atoms with Crippen molar-refractivity contribution in [2.24, 2.45) is 0 Å². The Kier molecular flexibility index (Phi) is 4.63. The number of carbonyl (C=O) groups is 1. The molecule has 0 saturated heterocycles. The van der Waals surface area contributed by atoms with E-state index < -0.39 is 5.97 Å². The van der Waals surface area contributed by atoms with E-state index in [2.05, 4.69) is 6.92 Å². The summed E-state index contributed by atoms with van der Waals surface area (Å²) in [5.41, 5.74) is 1.18. The minimum Gasteiger partial charge on any atom is -0.493 e. The number of aryl methyl sites for hydroxylation is 1. The first-order valence-electron chi connectivity index (χ1n) is 6.25. The second-order valence-corrected chi connectivity index (χ2v) is 5.37. The quantitative estimate of drug-likeness (QED) is 0.884. The number of rotatable bonds is 6. The molecule has 1 aromatic carbocycles. The lowest BCUT2D eigenvalue weighted by molar-refractivity contribution is 0.0702. The molecule has 106 valence electrons. The highest BCUT2D eigenvalue weighted by Gasteiger charge is 2.09. The summed E-state index contributed by atoms with van der Waals surface area (Å²) in [5, 5.41) is 8.87. The molecular formula is C15H16O4S. The molecule has 0 radical (unpaired) electrons. The predicted molar refractivity (Wildman–Crippen MR) is 78.0 cm³/mol. The Morgan fingerprint density at radius 2 is 2.05 bits per heavy atom. The average molecular weight is 292 g/mol. The zero-order chi connectivity index (χ0) is 14.5. The van der Waals surface area contributed by atoms with Gasteiger partial charge in [0.05, 0.1) is 7.11 Å². The number of benzene rings is 1. The molecule has 0 aliphatic carbocycles. The van der Waals surface area contributed by atoms with E-state index in [-0.39, 0.29) is 0 Å². The minimum atomic E-state index is -0.911. The van der Waals surface area contributed by atoms with Crippen molar-refractivity contribution < 1.29 is 19.4 Å². The molecule has 1 N–H and O–H groups in total. The summed E-state index contributed by atoms with van der Waals surface area (Å²) in [7, 11) is 1.61. The van der Waals surface area contributed by atoms with Crippen LogP contribution in [0, 0.1) is 0 Å². The summed E-state index contributed by atoms with van der Waals surface area (Å²) in [5.74, 6) is 0.445. The van der Waals surface area contributed by atoms with E-state index in [1.807, 2.05) is 18.2 Å². The van der Waals surface area contributed by atoms with Crippen LogP contribution in [0.2, 0.25) is 0 Å². The second kappa shape index (κ2) is 6.43. The average Bonchev–Trinajstić information content (AvgIpc) is 2.94. The van der Waals surface area contributed by atoms with E-state index in [0.717, 1.165) is 11.3 Å². The molecule has 0 fully saturated rings. The predicted octanol–water partition coefficient (Wildman–Crippen LogP) is 3.60. The van der Waals surface area contributed by atoms with Crippen LogP contribution >= 0.6 is 11.3 Å². The van der Waals surface area contributed by atoms with Gasteiger partial charge in [0.2, 0.25) is 0 Å². The Morgan fingerprint density at radius 1 is 1.25 bits per heavy atom. The van der Waals surface area contributed by atoms with Crippen LogP contribution in [0.5, 0.6) is 11.5 Å². The van der Waals surface area contributed by atoms with Crippen LogP contribution in [0.1, 0.15) is 27.0 Å². The fraction of sp³-hybridized carbons (Fsp3) is 0.267. The summed E-state index contributed by atoms with van der Waals surface area (Å²) in [6, 6.07) is 9.18. The lowest BCUT2D eigenvalue weighted by Gasteiger charge is -2.11. The van der Waals surface area contributed by atoms with Gasteiger partial charge in [-0.2, -0.15) is 0 Å². The van der Waals surface area contributed by atoms with Gasteiger partial charge in [-0.1, -0.05) is 13.0 Å². The molecule has 0 bridgehead atoms. The summed E-state index contributed by atoms with van der Waals surface area (Å²) in [4.78, 5) is 12.0. The third-order valence-electron chi connectivity index (χ3n) is 2.88. The third kappa shape index (κ3) is 3.30. The van der Waals surface area contributed by atoms with Crippen LogP contribution in [-0.4, -0.2) is 18.2 Å². The van der Waals surface area contributed by atoms with E-state index >= 15 is 0 Å². The summed E-state index contributed by atoms with van der Waals surface area (Å²) < 4.78 is 11.0. The van der Waals surface area contributed by atoms with Gasteiger partial charge in [-0.05, 0) is 36.2 Å². The Morgan fingerprint density at radius 3 is 2.65 bits per heavy atom. The normalized spacial score (nSPS) is 10.3. The lowest BCUT2D eigenvalue weighted by Crippen LogP contribution is -1.97. The minimum absolute atomic E-state index is 0.317. The summed E-state index contributed by atoms with van der Waals surface area (Å²) >= 11 is 1.22. The molecule has 0 spiro atoms. The number of carboxylic acids is 1. The first kappa shape index (κ1) is 14.4. The highest BCUT2D eigenvalue weighted by atomic mass is 32.1. The number of thiophene rings is 1. The van der Waals surface area contributed by atoms with E-state index in [9.17, 15) is 4.79 Å². The number of ether oxygens (including phenoxy) is 2. The van der Waals surface area contributed by atoms with Crippen LogP contribution < -0.4 is 9.47 Å². The number of carboxylic acid groups (broad SMARTS) is 1. The Labute approximate surface area is 121 Å². The molecule has 1 aromatic heterocycles. The monoisotopic (exact) mass is 292 g/mol. The maximum absolute atomic E-state index is 10.8. The summed E-state index contributed by atoms with van der Waals surface area (Å²) in [6.07, 6.45) is 0.934. The molecule has 2 aromatic rings. The first-order chi connectivity index (χ1) is 9.63. The van der Waals surface area contributed by atoms with E-state index in [1.54, 1.807) is 19.2 Å². The van der Waals surface area contributed by atoms with Crippen LogP contribution in [-0.2, 0) is 13.0 Å². The van der Waals surface area contributed by atoms with Crippen molar-refractivity contribution in [3.63, 3.8) is 0 Å². The molecular weight excluding hydrogens is 276 g/mol. The number of methoxy groups -OCH3 is 1. The zero-order valence-corrected chi connectivity index (χ0v) is 12.2. The van der Waals surface area contributed by atoms with Gasteiger partial charge in [-0.25, -0.2) is 4.79 Å². The maximum atomic E-state index is 10.8. The van der Waals surface area contributed by atoms with Gasteiger partial charge >= 0.3 is 5.97 Å². The smallest absolute Gasteiger partial charge is 0.345 e. The van der Waals surface area contributed by atoms with E-state index in [0.29, 0.717) is 23.0 Å². The zero-order valence-electron chi connectivity index (χ0n) is 11.4. The molecule has 0 unspecified atom stereocenters. The van der Waals surface area contributed by atoms with Gasteiger partial charge in [0.15, 0.2) is 11.5 Å². The fourth-order valence-corrected chi connectivity index (χ4v) is 2.53. The van der Waals surface area contributed by atoms with Crippen LogP contribution in [0.4, 0.5) is 0 Å². The SMILES string of the molecule is CCc1ccc(OCc2ccc(C(=O)O)s2)c(OC)c1. The number of hydrogen-bond acceptors (Lipinski definition) is 4. The van der Waals surface area contributed by atoms with Gasteiger partial charge < -0.3 is 14.6 Å². The molecule has 1 heterocycles. The highest BCUT2D eigenvalue weighted by molar-refractivity contribution is 7.13. The number of aromatic carboxylic acids is 1. The second-order valence-electron chi connectivity index (χ2n) is 4.20. The van der Waals surface area contributed by atoms with E-state index in [1.165, 1.54) is 16.9 Å². The van der Waals surface area contributed by atoms with Gasteiger partial charge in [0.25, 0.3) is 0 Å². The standard InChI is InChI=1S/C15H16O4S/c1-3-10-4-6-12(13(8-10)18-2)19-9-11-5-7-14(20-11)15(16)17/h4-8H,3,9H2,1-2H3,(H,16,17). The molecule has 0 saturated carbocycles. The van der Waals surface area contributed by atoms with Crippen molar-refractivity contribution >= 4 is 17.3 Å². The molecule has 0 atom stereocenters. The van der Waals surface area contributed by atoms with Crippen molar-refractivity contribution in [2.45, 2.75) is 20.0 Å². The molecule has 0 aliphatic heterocycles. The van der Waals surface area contributed by atoms with Crippen molar-refractivity contribution in [2.75, 3.05) is 7.11 Å². The van der Waals surface area contributed by atoms with Gasteiger partial charge in [0, 0.05) is 4.88 Å². The Hall–Kier alpha value is -2.01. The first-order valence-corrected chi connectivity index (χ1v) is 7.07. The van der Waals surface area contributed by atoms with Crippen molar-refractivity contribution in [3.8, 4) is 11.5 Å². The third-order valence-corrected chi connectivity index (χ3v) is 3.93. The Balaban J connectivity index is 2.07. The van der Waals surface area contributed by atoms with Crippen LogP contribution in [0.25, 0.3) is 0 Å². The lowest BCUT2D eigenvalue weighted by atomic mass is 10.1. The highest BCUT2D eigenvalue weighted by Crippen LogP contribution is 2.29.